The van der Waals surface area contributed by atoms with Gasteiger partial charge in [-0.05, 0) is 24.5 Å². The summed E-state index contributed by atoms with van der Waals surface area (Å²) in [4.78, 5) is 14.0. The Bertz CT molecular complexity index is 526. The van der Waals surface area contributed by atoms with E-state index in [0.29, 0.717) is 19.4 Å². The molecule has 1 saturated carbocycles. The van der Waals surface area contributed by atoms with Gasteiger partial charge < -0.3 is 15.8 Å². The van der Waals surface area contributed by atoms with Crippen molar-refractivity contribution < 1.29 is 10.0 Å². The summed E-state index contributed by atoms with van der Waals surface area (Å²) in [5.74, 6) is -0.0879. The van der Waals surface area contributed by atoms with E-state index in [1.165, 1.54) is 0 Å². The molecule has 2 rings (SSSR count). The van der Waals surface area contributed by atoms with Gasteiger partial charge in [-0.1, -0.05) is 39.3 Å². The number of amidine groups is 1. The van der Waals surface area contributed by atoms with E-state index in [0.717, 1.165) is 10.0 Å². The van der Waals surface area contributed by atoms with Crippen molar-refractivity contribution in [3.8, 4) is 0 Å². The van der Waals surface area contributed by atoms with E-state index >= 15 is 0 Å². The second-order valence-electron chi connectivity index (χ2n) is 4.82. The van der Waals surface area contributed by atoms with E-state index in [-0.39, 0.29) is 11.7 Å². The Morgan fingerprint density at radius 2 is 2.16 bits per heavy atom. The van der Waals surface area contributed by atoms with Crippen LogP contribution in [0.15, 0.2) is 33.9 Å². The van der Waals surface area contributed by atoms with Crippen molar-refractivity contribution in [3.63, 3.8) is 0 Å². The molecule has 0 aliphatic heterocycles. The first-order chi connectivity index (χ1) is 9.01. The monoisotopic (exact) mass is 325 g/mol. The van der Waals surface area contributed by atoms with E-state index < -0.39 is 5.41 Å². The van der Waals surface area contributed by atoms with Crippen LogP contribution >= 0.6 is 15.9 Å². The second kappa shape index (κ2) is 5.21. The number of halogens is 1. The van der Waals surface area contributed by atoms with Gasteiger partial charge in [0.05, 0.1) is 0 Å². The van der Waals surface area contributed by atoms with Gasteiger partial charge in [0.25, 0.3) is 0 Å². The predicted octanol–water partition coefficient (Wildman–Crippen LogP) is 1.93. The number of rotatable bonds is 4. The molecule has 1 fully saturated rings. The third-order valence-corrected chi connectivity index (χ3v) is 4.24. The summed E-state index contributed by atoms with van der Waals surface area (Å²) in [6.07, 6.45) is 1.28. The molecule has 1 amide bonds. The maximum Gasteiger partial charge on any atom is 0.236 e. The van der Waals surface area contributed by atoms with Crippen LogP contribution in [-0.2, 0) is 11.3 Å². The van der Waals surface area contributed by atoms with E-state index in [4.69, 9.17) is 10.9 Å². The Kier molecular flexibility index (Phi) is 3.80. The van der Waals surface area contributed by atoms with Crippen molar-refractivity contribution >= 4 is 27.7 Å². The molecule has 5 nitrogen and oxygen atoms in total. The number of nitrogens with two attached hydrogens (primary N) is 1. The number of benzene rings is 1. The number of oxime groups is 1. The van der Waals surface area contributed by atoms with Crippen molar-refractivity contribution in [1.82, 2.24) is 4.90 Å². The van der Waals surface area contributed by atoms with Crippen molar-refractivity contribution in [2.24, 2.45) is 16.3 Å². The largest absolute Gasteiger partial charge is 0.409 e. The molecular weight excluding hydrogens is 310 g/mol. The molecule has 0 saturated heterocycles. The molecule has 0 aromatic heterocycles. The maximum atomic E-state index is 12.4. The lowest BCUT2D eigenvalue weighted by Gasteiger charge is -2.23. The first kappa shape index (κ1) is 13.9. The third kappa shape index (κ3) is 2.58. The van der Waals surface area contributed by atoms with E-state index in [9.17, 15) is 4.79 Å². The molecule has 19 heavy (non-hydrogen) atoms. The van der Waals surface area contributed by atoms with Crippen molar-refractivity contribution in [1.29, 1.82) is 0 Å². The van der Waals surface area contributed by atoms with E-state index in [2.05, 4.69) is 21.1 Å². The minimum atomic E-state index is -0.787. The molecular formula is C13H16BrN3O2. The number of carbonyl (C=O) groups is 1. The topological polar surface area (TPSA) is 78.9 Å². The van der Waals surface area contributed by atoms with Crippen LogP contribution in [0, 0.1) is 5.41 Å². The summed E-state index contributed by atoms with van der Waals surface area (Å²) < 4.78 is 0.961. The quantitative estimate of drug-likeness (QED) is 0.384. The zero-order chi connectivity index (χ0) is 14.0. The summed E-state index contributed by atoms with van der Waals surface area (Å²) in [6.45, 7) is 0.487. The minimum Gasteiger partial charge on any atom is -0.409 e. The molecule has 1 aliphatic carbocycles. The molecule has 0 heterocycles. The van der Waals surface area contributed by atoms with Crippen LogP contribution in [0.5, 0.6) is 0 Å². The average Bonchev–Trinajstić information content (AvgIpc) is 3.21. The molecule has 3 N–H and O–H groups in total. The third-order valence-electron chi connectivity index (χ3n) is 3.47. The zero-order valence-corrected chi connectivity index (χ0v) is 12.2. The fourth-order valence-electron chi connectivity index (χ4n) is 2.12. The molecule has 0 bridgehead atoms. The summed E-state index contributed by atoms with van der Waals surface area (Å²) >= 11 is 3.46. The molecule has 1 aromatic carbocycles. The van der Waals surface area contributed by atoms with Gasteiger partial charge >= 0.3 is 0 Å². The Balaban J connectivity index is 2.11. The Morgan fingerprint density at radius 3 is 2.68 bits per heavy atom. The standard InChI is InChI=1S/C13H16BrN3O2/c1-17(8-9-4-2-3-5-10(9)14)12(18)13(6-7-13)11(15)16-19/h2-5,19H,6-8H2,1H3,(H2,15,16). The fraction of sp³-hybridized carbons (Fsp3) is 0.385. The lowest BCUT2D eigenvalue weighted by atomic mass is 10.0. The molecule has 1 aromatic rings. The number of nitrogens with zero attached hydrogens (tertiary/aromatic N) is 2. The molecule has 6 heteroatoms. The minimum absolute atomic E-state index is 0.0106. The van der Waals surface area contributed by atoms with Gasteiger partial charge in [0.2, 0.25) is 5.91 Å². The fourth-order valence-corrected chi connectivity index (χ4v) is 2.53. The first-order valence-electron chi connectivity index (χ1n) is 5.98. The summed E-state index contributed by atoms with van der Waals surface area (Å²) in [6, 6.07) is 7.74. The number of hydrogen-bond acceptors (Lipinski definition) is 3. The van der Waals surface area contributed by atoms with E-state index in [1.807, 2.05) is 24.3 Å². The smallest absolute Gasteiger partial charge is 0.236 e. The van der Waals surface area contributed by atoms with Crippen LogP contribution in [0.25, 0.3) is 0 Å². The van der Waals surface area contributed by atoms with Crippen molar-refractivity contribution in [3.05, 3.63) is 34.3 Å². The van der Waals surface area contributed by atoms with Gasteiger partial charge in [-0.2, -0.15) is 0 Å². The Labute approximate surface area is 120 Å². The summed E-state index contributed by atoms with van der Waals surface area (Å²) in [7, 11) is 1.73. The van der Waals surface area contributed by atoms with Crippen molar-refractivity contribution in [2.45, 2.75) is 19.4 Å². The van der Waals surface area contributed by atoms with Gasteiger partial charge in [-0.3, -0.25) is 4.79 Å². The maximum absolute atomic E-state index is 12.4. The predicted molar refractivity (Wildman–Crippen MR) is 75.7 cm³/mol. The van der Waals surface area contributed by atoms with Gasteiger partial charge in [-0.15, -0.1) is 0 Å². The van der Waals surface area contributed by atoms with Crippen LogP contribution < -0.4 is 5.73 Å². The highest BCUT2D eigenvalue weighted by atomic mass is 79.9. The number of carbonyl (C=O) groups excluding carboxylic acids is 1. The number of amides is 1. The lowest BCUT2D eigenvalue weighted by Crippen LogP contribution is -2.41. The molecule has 0 unspecified atom stereocenters. The van der Waals surface area contributed by atoms with Crippen LogP contribution in [0.2, 0.25) is 0 Å². The van der Waals surface area contributed by atoms with Gasteiger partial charge in [-0.25, -0.2) is 0 Å². The normalized spacial score (nSPS) is 17.1. The Hall–Kier alpha value is -1.56. The second-order valence-corrected chi connectivity index (χ2v) is 5.67. The lowest BCUT2D eigenvalue weighted by molar-refractivity contribution is -0.133. The zero-order valence-electron chi connectivity index (χ0n) is 10.6. The van der Waals surface area contributed by atoms with Gasteiger partial charge in [0, 0.05) is 18.1 Å². The summed E-state index contributed by atoms with van der Waals surface area (Å²) in [5, 5.41) is 11.7. The summed E-state index contributed by atoms with van der Waals surface area (Å²) in [5.41, 5.74) is 5.85. The molecule has 0 atom stereocenters. The highest BCUT2D eigenvalue weighted by molar-refractivity contribution is 9.10. The number of hydrogen-bond donors (Lipinski definition) is 2. The van der Waals surface area contributed by atoms with Gasteiger partial charge in [0.1, 0.15) is 5.41 Å². The first-order valence-corrected chi connectivity index (χ1v) is 6.77. The molecule has 0 radical (unpaired) electrons. The molecule has 102 valence electrons. The van der Waals surface area contributed by atoms with Crippen molar-refractivity contribution in [2.75, 3.05) is 7.05 Å². The molecule has 0 spiro atoms. The van der Waals surface area contributed by atoms with Gasteiger partial charge in [0.15, 0.2) is 5.84 Å². The highest BCUT2D eigenvalue weighted by Gasteiger charge is 2.55. The Morgan fingerprint density at radius 1 is 1.53 bits per heavy atom. The van der Waals surface area contributed by atoms with E-state index in [1.54, 1.807) is 11.9 Å². The van der Waals surface area contributed by atoms with Crippen LogP contribution in [0.3, 0.4) is 0 Å². The highest BCUT2D eigenvalue weighted by Crippen LogP contribution is 2.47. The van der Waals surface area contributed by atoms with Crippen LogP contribution in [0.1, 0.15) is 18.4 Å². The average molecular weight is 326 g/mol. The van der Waals surface area contributed by atoms with Crippen LogP contribution in [-0.4, -0.2) is 28.9 Å². The molecule has 1 aliphatic rings. The van der Waals surface area contributed by atoms with Crippen LogP contribution in [0.4, 0.5) is 0 Å². The SMILES string of the molecule is CN(Cc1ccccc1Br)C(=O)C1(/C(N)=N/O)CC1.